The van der Waals surface area contributed by atoms with Crippen molar-refractivity contribution in [3.63, 3.8) is 0 Å². The molecule has 1 aliphatic rings. The van der Waals surface area contributed by atoms with Crippen LogP contribution in [-0.2, 0) is 0 Å². The van der Waals surface area contributed by atoms with Crippen LogP contribution in [0.3, 0.4) is 0 Å². The molecular weight excluding hydrogens is 212 g/mol. The zero-order valence-corrected chi connectivity index (χ0v) is 9.30. The number of nitrogens with one attached hydrogen (secondary N) is 1. The normalized spacial score (nSPS) is 16.8. The smallest absolute Gasteiger partial charge is 0.166 e. The second kappa shape index (κ2) is 5.83. The molecule has 82 valence electrons. The third-order valence-electron chi connectivity index (χ3n) is 2.67. The predicted molar refractivity (Wildman–Crippen MR) is 61.4 cm³/mol. The number of rotatable bonds is 2. The van der Waals surface area contributed by atoms with Gasteiger partial charge in [-0.05, 0) is 38.1 Å². The molecule has 4 heteroatoms. The summed E-state index contributed by atoms with van der Waals surface area (Å²) in [6, 6.07) is 3.59. The van der Waals surface area contributed by atoms with E-state index in [1.54, 1.807) is 24.5 Å². The minimum Gasteiger partial charge on any atom is -0.317 e. The lowest BCUT2D eigenvalue weighted by Gasteiger charge is -2.21. The molecule has 0 aromatic carbocycles. The van der Waals surface area contributed by atoms with Gasteiger partial charge in [-0.15, -0.1) is 12.4 Å². The molecule has 0 atom stereocenters. The molecule has 3 nitrogen and oxygen atoms in total. The standard InChI is InChI=1S/C11H14N2O.ClH/c14-11(9-1-5-12-6-2-9)10-3-7-13-8-4-10;/h1-2,5-6,10,13H,3-4,7-8H2;1H. The molecule has 0 spiro atoms. The molecule has 1 aliphatic heterocycles. The quantitative estimate of drug-likeness (QED) is 0.781. The summed E-state index contributed by atoms with van der Waals surface area (Å²) in [5.41, 5.74) is 0.798. The van der Waals surface area contributed by atoms with E-state index in [-0.39, 0.29) is 24.1 Å². The third-order valence-corrected chi connectivity index (χ3v) is 2.67. The van der Waals surface area contributed by atoms with E-state index < -0.39 is 0 Å². The van der Waals surface area contributed by atoms with Crippen LogP contribution in [0.15, 0.2) is 24.5 Å². The predicted octanol–water partition coefficient (Wildman–Crippen LogP) is 1.69. The number of aromatic nitrogens is 1. The Morgan fingerprint density at radius 2 is 1.87 bits per heavy atom. The van der Waals surface area contributed by atoms with Gasteiger partial charge in [0.1, 0.15) is 0 Å². The number of hydrogen-bond donors (Lipinski definition) is 1. The van der Waals surface area contributed by atoms with Crippen LogP contribution in [0.4, 0.5) is 0 Å². The molecule has 0 bridgehead atoms. The van der Waals surface area contributed by atoms with Gasteiger partial charge in [-0.2, -0.15) is 0 Å². The summed E-state index contributed by atoms with van der Waals surface area (Å²) in [5, 5.41) is 3.26. The van der Waals surface area contributed by atoms with E-state index in [9.17, 15) is 4.79 Å². The Kier molecular flexibility index (Phi) is 4.72. The van der Waals surface area contributed by atoms with Crippen molar-refractivity contribution in [2.75, 3.05) is 13.1 Å². The highest BCUT2D eigenvalue weighted by atomic mass is 35.5. The minimum atomic E-state index is 0. The first-order chi connectivity index (χ1) is 6.88. The number of Topliss-reactive ketones (excluding diaryl/α,β-unsaturated/α-hetero) is 1. The van der Waals surface area contributed by atoms with Crippen molar-refractivity contribution in [2.24, 2.45) is 5.92 Å². The summed E-state index contributed by atoms with van der Waals surface area (Å²) < 4.78 is 0. The van der Waals surface area contributed by atoms with Crippen molar-refractivity contribution < 1.29 is 4.79 Å². The Morgan fingerprint density at radius 3 is 2.47 bits per heavy atom. The summed E-state index contributed by atoms with van der Waals surface area (Å²) in [4.78, 5) is 15.9. The lowest BCUT2D eigenvalue weighted by atomic mass is 9.90. The number of piperidine rings is 1. The number of halogens is 1. The van der Waals surface area contributed by atoms with Gasteiger partial charge >= 0.3 is 0 Å². The van der Waals surface area contributed by atoms with Crippen molar-refractivity contribution in [2.45, 2.75) is 12.8 Å². The first-order valence-electron chi connectivity index (χ1n) is 5.03. The van der Waals surface area contributed by atoms with Gasteiger partial charge in [0.05, 0.1) is 0 Å². The fourth-order valence-corrected chi connectivity index (χ4v) is 1.84. The van der Waals surface area contributed by atoms with E-state index in [1.165, 1.54) is 0 Å². The molecule has 2 rings (SSSR count). The summed E-state index contributed by atoms with van der Waals surface area (Å²) in [6.07, 6.45) is 5.27. The fourth-order valence-electron chi connectivity index (χ4n) is 1.84. The molecule has 1 saturated heterocycles. The van der Waals surface area contributed by atoms with Gasteiger partial charge in [0, 0.05) is 23.9 Å². The summed E-state index contributed by atoms with van der Waals surface area (Å²) in [5.74, 6) is 0.479. The first kappa shape index (κ1) is 12.1. The fraction of sp³-hybridized carbons (Fsp3) is 0.455. The van der Waals surface area contributed by atoms with Crippen LogP contribution >= 0.6 is 12.4 Å². The lowest BCUT2D eigenvalue weighted by Crippen LogP contribution is -2.31. The maximum absolute atomic E-state index is 11.9. The molecule has 1 fully saturated rings. The van der Waals surface area contributed by atoms with E-state index in [0.29, 0.717) is 0 Å². The van der Waals surface area contributed by atoms with Gasteiger partial charge in [0.15, 0.2) is 5.78 Å². The van der Waals surface area contributed by atoms with Crippen molar-refractivity contribution in [1.82, 2.24) is 10.3 Å². The molecule has 1 aromatic rings. The number of nitrogens with zero attached hydrogens (tertiary/aromatic N) is 1. The van der Waals surface area contributed by atoms with Gasteiger partial charge < -0.3 is 5.32 Å². The van der Waals surface area contributed by atoms with Crippen LogP contribution in [-0.4, -0.2) is 23.9 Å². The summed E-state index contributed by atoms with van der Waals surface area (Å²) in [6.45, 7) is 1.92. The molecule has 2 heterocycles. The van der Waals surface area contributed by atoms with Gasteiger partial charge in [0.2, 0.25) is 0 Å². The van der Waals surface area contributed by atoms with E-state index in [4.69, 9.17) is 0 Å². The lowest BCUT2D eigenvalue weighted by molar-refractivity contribution is 0.0895. The number of ketones is 1. The van der Waals surface area contributed by atoms with Crippen LogP contribution in [0.2, 0.25) is 0 Å². The minimum absolute atomic E-state index is 0. The van der Waals surface area contributed by atoms with Crippen molar-refractivity contribution in [3.8, 4) is 0 Å². The molecule has 1 N–H and O–H groups in total. The Hall–Kier alpha value is -0.930. The van der Waals surface area contributed by atoms with E-state index in [0.717, 1.165) is 31.5 Å². The SMILES string of the molecule is Cl.O=C(c1ccncc1)C1CCNCC1. The number of hydrogen-bond acceptors (Lipinski definition) is 3. The van der Waals surface area contributed by atoms with Crippen molar-refractivity contribution in [1.29, 1.82) is 0 Å². The highest BCUT2D eigenvalue weighted by Gasteiger charge is 2.21. The third kappa shape index (κ3) is 3.01. The van der Waals surface area contributed by atoms with E-state index in [2.05, 4.69) is 10.3 Å². The zero-order chi connectivity index (χ0) is 9.80. The Labute approximate surface area is 95.7 Å². The second-order valence-electron chi connectivity index (χ2n) is 3.62. The van der Waals surface area contributed by atoms with Gasteiger partial charge in [-0.3, -0.25) is 9.78 Å². The van der Waals surface area contributed by atoms with Gasteiger partial charge in [0.25, 0.3) is 0 Å². The van der Waals surface area contributed by atoms with Crippen LogP contribution in [0.5, 0.6) is 0 Å². The molecule has 0 radical (unpaired) electrons. The monoisotopic (exact) mass is 226 g/mol. The average Bonchev–Trinajstić information content (AvgIpc) is 2.30. The van der Waals surface area contributed by atoms with Gasteiger partial charge in [-0.1, -0.05) is 0 Å². The molecule has 0 amide bonds. The Bertz CT molecular complexity index is 310. The number of carbonyl (C=O) groups excluding carboxylic acids is 1. The molecule has 0 saturated carbocycles. The Morgan fingerprint density at radius 1 is 1.27 bits per heavy atom. The zero-order valence-electron chi connectivity index (χ0n) is 8.48. The summed E-state index contributed by atoms with van der Waals surface area (Å²) >= 11 is 0. The topological polar surface area (TPSA) is 42.0 Å². The van der Waals surface area contributed by atoms with Crippen molar-refractivity contribution in [3.05, 3.63) is 30.1 Å². The van der Waals surface area contributed by atoms with Crippen LogP contribution in [0.1, 0.15) is 23.2 Å². The summed E-state index contributed by atoms with van der Waals surface area (Å²) in [7, 11) is 0. The molecule has 1 aromatic heterocycles. The van der Waals surface area contributed by atoms with Crippen LogP contribution in [0.25, 0.3) is 0 Å². The van der Waals surface area contributed by atoms with Crippen LogP contribution in [0, 0.1) is 5.92 Å². The van der Waals surface area contributed by atoms with Crippen LogP contribution < -0.4 is 5.32 Å². The maximum atomic E-state index is 11.9. The molecule has 0 aliphatic carbocycles. The first-order valence-corrected chi connectivity index (χ1v) is 5.03. The Balaban J connectivity index is 0.00000112. The maximum Gasteiger partial charge on any atom is 0.166 e. The highest BCUT2D eigenvalue weighted by Crippen LogP contribution is 2.17. The molecular formula is C11H15ClN2O. The van der Waals surface area contributed by atoms with E-state index in [1.807, 2.05) is 0 Å². The van der Waals surface area contributed by atoms with Gasteiger partial charge in [-0.25, -0.2) is 0 Å². The molecule has 0 unspecified atom stereocenters. The van der Waals surface area contributed by atoms with E-state index >= 15 is 0 Å². The second-order valence-corrected chi connectivity index (χ2v) is 3.62. The van der Waals surface area contributed by atoms with Crippen molar-refractivity contribution >= 4 is 18.2 Å². The largest absolute Gasteiger partial charge is 0.317 e. The average molecular weight is 227 g/mol. The number of pyridine rings is 1. The number of carbonyl (C=O) groups is 1. The molecule has 15 heavy (non-hydrogen) atoms. The highest BCUT2D eigenvalue weighted by molar-refractivity contribution is 5.97.